The first-order valence-corrected chi connectivity index (χ1v) is 4.96. The summed E-state index contributed by atoms with van der Waals surface area (Å²) in [7, 11) is 1.58. The molecule has 0 aliphatic rings. The Hall–Kier alpha value is -1.09. The van der Waals surface area contributed by atoms with Crippen molar-refractivity contribution in [3.05, 3.63) is 29.1 Å². The Bertz CT molecular complexity index is 355. The zero-order valence-electron chi connectivity index (χ0n) is 9.73. The van der Waals surface area contributed by atoms with E-state index in [9.17, 15) is 4.39 Å². The van der Waals surface area contributed by atoms with Gasteiger partial charge < -0.3 is 10.5 Å². The normalized spacial score (nSPS) is 11.6. The summed E-state index contributed by atoms with van der Waals surface area (Å²) in [5.74, 6) is 0.488. The van der Waals surface area contributed by atoms with Crippen LogP contribution in [0.5, 0.6) is 5.75 Å². The molecule has 0 saturated carbocycles. The molecular formula is C12H18FNO. The molecule has 84 valence electrons. The molecule has 1 rings (SSSR count). The molecule has 15 heavy (non-hydrogen) atoms. The largest absolute Gasteiger partial charge is 0.496 e. The lowest BCUT2D eigenvalue weighted by Gasteiger charge is -2.21. The number of hydrogen-bond donors (Lipinski definition) is 1. The molecule has 3 heteroatoms. The van der Waals surface area contributed by atoms with Gasteiger partial charge in [-0.15, -0.1) is 0 Å². The molecule has 0 aliphatic heterocycles. The summed E-state index contributed by atoms with van der Waals surface area (Å²) in [4.78, 5) is 0. The van der Waals surface area contributed by atoms with Gasteiger partial charge in [-0.05, 0) is 44.9 Å². The molecule has 0 heterocycles. The van der Waals surface area contributed by atoms with Crippen LogP contribution < -0.4 is 10.5 Å². The zero-order valence-corrected chi connectivity index (χ0v) is 9.73. The van der Waals surface area contributed by atoms with E-state index in [1.165, 1.54) is 6.07 Å². The summed E-state index contributed by atoms with van der Waals surface area (Å²) >= 11 is 0. The number of benzene rings is 1. The van der Waals surface area contributed by atoms with E-state index in [1.54, 1.807) is 20.1 Å². The number of ether oxygens (including phenoxy) is 1. The fraction of sp³-hybridized carbons (Fsp3) is 0.500. The molecule has 0 aromatic heterocycles. The van der Waals surface area contributed by atoms with Crippen LogP contribution in [0.4, 0.5) is 4.39 Å². The minimum Gasteiger partial charge on any atom is -0.496 e. The molecule has 0 atom stereocenters. The van der Waals surface area contributed by atoms with Gasteiger partial charge in [0.15, 0.2) is 0 Å². The van der Waals surface area contributed by atoms with Crippen molar-refractivity contribution in [2.24, 2.45) is 5.73 Å². The second-order valence-corrected chi connectivity index (χ2v) is 4.52. The smallest absolute Gasteiger partial charge is 0.126 e. The van der Waals surface area contributed by atoms with E-state index in [0.717, 1.165) is 5.56 Å². The average molecular weight is 211 g/mol. The van der Waals surface area contributed by atoms with Gasteiger partial charge in [0.1, 0.15) is 11.6 Å². The van der Waals surface area contributed by atoms with Crippen molar-refractivity contribution >= 4 is 0 Å². The fourth-order valence-electron chi connectivity index (χ4n) is 1.57. The summed E-state index contributed by atoms with van der Waals surface area (Å²) in [6.45, 7) is 5.58. The van der Waals surface area contributed by atoms with Crippen LogP contribution in [0.2, 0.25) is 0 Å². The molecule has 0 amide bonds. The quantitative estimate of drug-likeness (QED) is 0.833. The molecule has 0 spiro atoms. The first kappa shape index (κ1) is 12.0. The lowest BCUT2D eigenvalue weighted by molar-refractivity contribution is 0.399. The fourth-order valence-corrected chi connectivity index (χ4v) is 1.57. The van der Waals surface area contributed by atoms with Crippen molar-refractivity contribution in [2.45, 2.75) is 32.7 Å². The van der Waals surface area contributed by atoms with E-state index in [0.29, 0.717) is 17.7 Å². The van der Waals surface area contributed by atoms with Gasteiger partial charge in [0.25, 0.3) is 0 Å². The molecule has 0 radical (unpaired) electrons. The second kappa shape index (κ2) is 4.19. The number of hydrogen-bond acceptors (Lipinski definition) is 2. The minimum atomic E-state index is -0.369. The van der Waals surface area contributed by atoms with E-state index in [2.05, 4.69) is 0 Å². The first-order chi connectivity index (χ1) is 6.85. The Morgan fingerprint density at radius 3 is 2.47 bits per heavy atom. The van der Waals surface area contributed by atoms with Crippen LogP contribution in [-0.4, -0.2) is 12.6 Å². The van der Waals surface area contributed by atoms with Crippen LogP contribution in [0.25, 0.3) is 0 Å². The Kier molecular flexibility index (Phi) is 3.35. The Balaban J connectivity index is 3.18. The minimum absolute atomic E-state index is 0.213. The highest BCUT2D eigenvalue weighted by atomic mass is 19.1. The maximum absolute atomic E-state index is 13.4. The maximum atomic E-state index is 13.4. The SMILES string of the molecule is COc1ccc(F)c(C)c1CC(C)(C)N. The van der Waals surface area contributed by atoms with Gasteiger partial charge in [0.2, 0.25) is 0 Å². The van der Waals surface area contributed by atoms with Crippen molar-refractivity contribution < 1.29 is 9.13 Å². The predicted molar refractivity (Wildman–Crippen MR) is 59.7 cm³/mol. The highest BCUT2D eigenvalue weighted by molar-refractivity contribution is 5.41. The summed E-state index contributed by atoms with van der Waals surface area (Å²) < 4.78 is 18.6. The van der Waals surface area contributed by atoms with Crippen LogP contribution in [0.1, 0.15) is 25.0 Å². The van der Waals surface area contributed by atoms with Crippen molar-refractivity contribution in [3.8, 4) is 5.75 Å². The molecular weight excluding hydrogens is 193 g/mol. The average Bonchev–Trinajstić information content (AvgIpc) is 2.11. The van der Waals surface area contributed by atoms with E-state index in [4.69, 9.17) is 10.5 Å². The zero-order chi connectivity index (χ0) is 11.6. The van der Waals surface area contributed by atoms with Gasteiger partial charge in [-0.1, -0.05) is 0 Å². The summed E-state index contributed by atoms with van der Waals surface area (Å²) in [6, 6.07) is 3.06. The van der Waals surface area contributed by atoms with E-state index < -0.39 is 0 Å². The third-order valence-corrected chi connectivity index (χ3v) is 2.34. The molecule has 1 aromatic carbocycles. The molecule has 0 fully saturated rings. The molecule has 0 saturated heterocycles. The van der Waals surface area contributed by atoms with Crippen molar-refractivity contribution in [1.82, 2.24) is 0 Å². The molecule has 2 nitrogen and oxygen atoms in total. The molecule has 0 bridgehead atoms. The van der Waals surface area contributed by atoms with Gasteiger partial charge >= 0.3 is 0 Å². The van der Waals surface area contributed by atoms with Gasteiger partial charge in [-0.25, -0.2) is 4.39 Å². The van der Waals surface area contributed by atoms with Crippen LogP contribution in [0, 0.1) is 12.7 Å². The van der Waals surface area contributed by atoms with Crippen LogP contribution in [0.3, 0.4) is 0 Å². The van der Waals surface area contributed by atoms with Crippen LogP contribution in [0.15, 0.2) is 12.1 Å². The topological polar surface area (TPSA) is 35.2 Å². The number of rotatable bonds is 3. The van der Waals surface area contributed by atoms with Crippen LogP contribution in [-0.2, 0) is 6.42 Å². The van der Waals surface area contributed by atoms with E-state index >= 15 is 0 Å². The lowest BCUT2D eigenvalue weighted by atomic mass is 9.92. The predicted octanol–water partition coefficient (Wildman–Crippen LogP) is 2.42. The molecule has 1 aromatic rings. The van der Waals surface area contributed by atoms with Gasteiger partial charge in [-0.3, -0.25) is 0 Å². The highest BCUT2D eigenvalue weighted by Crippen LogP contribution is 2.27. The Labute approximate surface area is 90.2 Å². The Morgan fingerprint density at radius 1 is 1.40 bits per heavy atom. The lowest BCUT2D eigenvalue weighted by Crippen LogP contribution is -2.34. The summed E-state index contributed by atoms with van der Waals surface area (Å²) in [5.41, 5.74) is 7.03. The number of halogens is 1. The highest BCUT2D eigenvalue weighted by Gasteiger charge is 2.18. The van der Waals surface area contributed by atoms with Crippen molar-refractivity contribution in [3.63, 3.8) is 0 Å². The molecule has 0 unspecified atom stereocenters. The molecule has 0 aliphatic carbocycles. The first-order valence-electron chi connectivity index (χ1n) is 4.96. The van der Waals surface area contributed by atoms with E-state index in [-0.39, 0.29) is 11.4 Å². The summed E-state index contributed by atoms with van der Waals surface area (Å²) in [5, 5.41) is 0. The third kappa shape index (κ3) is 2.93. The second-order valence-electron chi connectivity index (χ2n) is 4.52. The van der Waals surface area contributed by atoms with Gasteiger partial charge in [0, 0.05) is 11.1 Å². The number of methoxy groups -OCH3 is 1. The number of nitrogens with two attached hydrogens (primary N) is 1. The van der Waals surface area contributed by atoms with Gasteiger partial charge in [0.05, 0.1) is 7.11 Å². The monoisotopic (exact) mass is 211 g/mol. The van der Waals surface area contributed by atoms with Crippen molar-refractivity contribution in [2.75, 3.05) is 7.11 Å². The van der Waals surface area contributed by atoms with Crippen LogP contribution >= 0.6 is 0 Å². The standard InChI is InChI=1S/C12H18FNO/c1-8-9(7-12(2,3)14)11(15-4)6-5-10(8)13/h5-6H,7,14H2,1-4H3. The Morgan fingerprint density at radius 2 is 2.00 bits per heavy atom. The van der Waals surface area contributed by atoms with Crippen molar-refractivity contribution in [1.29, 1.82) is 0 Å². The maximum Gasteiger partial charge on any atom is 0.126 e. The third-order valence-electron chi connectivity index (χ3n) is 2.34. The van der Waals surface area contributed by atoms with E-state index in [1.807, 2.05) is 13.8 Å². The van der Waals surface area contributed by atoms with Gasteiger partial charge in [-0.2, -0.15) is 0 Å². The molecule has 2 N–H and O–H groups in total. The summed E-state index contributed by atoms with van der Waals surface area (Å²) in [6.07, 6.45) is 0.597.